The number of nitrogens with zero attached hydrogens (tertiary/aromatic N) is 2. The molecule has 0 aliphatic carbocycles. The molecule has 21 heavy (non-hydrogen) atoms. The molecular weight excluding hydrogens is 262 g/mol. The van der Waals surface area contributed by atoms with E-state index in [9.17, 15) is 0 Å². The average molecular weight is 287 g/mol. The number of aromatic nitrogens is 2. The molecule has 0 spiro atoms. The Kier molecular flexibility index (Phi) is 5.78. The van der Waals surface area contributed by atoms with Crippen LogP contribution in [-0.4, -0.2) is 23.1 Å². The van der Waals surface area contributed by atoms with Gasteiger partial charge in [-0.25, -0.2) is 4.98 Å². The summed E-state index contributed by atoms with van der Waals surface area (Å²) in [4.78, 5) is 9.06. The summed E-state index contributed by atoms with van der Waals surface area (Å²) in [5.41, 5.74) is 0.921. The summed E-state index contributed by atoms with van der Waals surface area (Å²) in [5, 5.41) is 4.21. The summed E-state index contributed by atoms with van der Waals surface area (Å²) in [5.74, 6) is 1.87. The smallest absolute Gasteiger partial charge is 0.226 e. The minimum absolute atomic E-state index is 0.538. The Hall–Kier alpha value is -1.84. The van der Waals surface area contributed by atoms with Crippen molar-refractivity contribution in [3.05, 3.63) is 24.3 Å². The number of para-hydroxylation sites is 1. The van der Waals surface area contributed by atoms with Crippen molar-refractivity contribution in [2.24, 2.45) is 5.92 Å². The molecule has 0 radical (unpaired) electrons. The Bertz CT molecular complexity index is 571. The molecule has 2 rings (SSSR count). The molecule has 1 heterocycles. The Balaban J connectivity index is 2.22. The lowest BCUT2D eigenvalue weighted by Gasteiger charge is -2.14. The first-order chi connectivity index (χ1) is 10.2. The highest BCUT2D eigenvalue weighted by molar-refractivity contribution is 5.84. The van der Waals surface area contributed by atoms with E-state index in [0.717, 1.165) is 23.9 Å². The first-order valence-electron chi connectivity index (χ1n) is 7.88. The fraction of sp³-hybridized carbons (Fsp3) is 0.529. The zero-order chi connectivity index (χ0) is 15.1. The van der Waals surface area contributed by atoms with Crippen LogP contribution in [0.3, 0.4) is 0 Å². The van der Waals surface area contributed by atoms with Crippen LogP contribution in [0.4, 0.5) is 5.95 Å². The molecule has 0 amide bonds. The van der Waals surface area contributed by atoms with Crippen LogP contribution in [0.1, 0.15) is 40.0 Å². The van der Waals surface area contributed by atoms with Gasteiger partial charge in [-0.1, -0.05) is 39.3 Å². The van der Waals surface area contributed by atoms with Gasteiger partial charge in [0.2, 0.25) is 11.8 Å². The van der Waals surface area contributed by atoms with Crippen molar-refractivity contribution >= 4 is 16.9 Å². The van der Waals surface area contributed by atoms with Gasteiger partial charge < -0.3 is 10.1 Å². The summed E-state index contributed by atoms with van der Waals surface area (Å²) in [6.45, 7) is 8.09. The maximum Gasteiger partial charge on any atom is 0.226 e. The first-order valence-corrected chi connectivity index (χ1v) is 7.88. The minimum atomic E-state index is 0.538. The molecule has 0 aliphatic heterocycles. The number of ether oxygens (including phenoxy) is 1. The fourth-order valence-corrected chi connectivity index (χ4v) is 2.27. The first kappa shape index (κ1) is 15.5. The summed E-state index contributed by atoms with van der Waals surface area (Å²) in [6, 6.07) is 7.99. The van der Waals surface area contributed by atoms with Crippen LogP contribution in [0, 0.1) is 5.92 Å². The third-order valence-corrected chi connectivity index (χ3v) is 3.39. The lowest BCUT2D eigenvalue weighted by Crippen LogP contribution is -2.11. The highest BCUT2D eigenvalue weighted by Gasteiger charge is 2.10. The second-order valence-electron chi connectivity index (χ2n) is 5.50. The number of rotatable bonds is 8. The second kappa shape index (κ2) is 7.81. The van der Waals surface area contributed by atoms with Crippen molar-refractivity contribution in [1.29, 1.82) is 0 Å². The number of hydrogen-bond donors (Lipinski definition) is 1. The zero-order valence-electron chi connectivity index (χ0n) is 13.2. The molecule has 2 aromatic rings. The van der Waals surface area contributed by atoms with Gasteiger partial charge in [0.05, 0.1) is 17.5 Å². The predicted octanol–water partition coefficient (Wildman–Crippen LogP) is 4.27. The van der Waals surface area contributed by atoms with Gasteiger partial charge in [0.25, 0.3) is 0 Å². The molecule has 1 aromatic heterocycles. The average Bonchev–Trinajstić information content (AvgIpc) is 2.51. The van der Waals surface area contributed by atoms with Crippen LogP contribution < -0.4 is 10.1 Å². The van der Waals surface area contributed by atoms with Gasteiger partial charge in [0.15, 0.2) is 0 Å². The molecule has 0 saturated heterocycles. The highest BCUT2D eigenvalue weighted by Crippen LogP contribution is 2.24. The fourth-order valence-electron chi connectivity index (χ4n) is 2.27. The van der Waals surface area contributed by atoms with Gasteiger partial charge in [-0.15, -0.1) is 0 Å². The van der Waals surface area contributed by atoms with Crippen LogP contribution in [0.5, 0.6) is 5.88 Å². The van der Waals surface area contributed by atoms with Crippen molar-refractivity contribution in [3.8, 4) is 5.88 Å². The molecule has 0 bridgehead atoms. The summed E-state index contributed by atoms with van der Waals surface area (Å²) in [7, 11) is 0. The molecule has 1 N–H and O–H groups in total. The lowest BCUT2D eigenvalue weighted by atomic mass is 10.1. The molecule has 4 nitrogen and oxygen atoms in total. The van der Waals surface area contributed by atoms with Crippen LogP contribution in [0.15, 0.2) is 24.3 Å². The van der Waals surface area contributed by atoms with E-state index in [1.807, 2.05) is 24.3 Å². The van der Waals surface area contributed by atoms with E-state index < -0.39 is 0 Å². The topological polar surface area (TPSA) is 47.0 Å². The zero-order valence-corrected chi connectivity index (χ0v) is 13.2. The third-order valence-electron chi connectivity index (χ3n) is 3.39. The van der Waals surface area contributed by atoms with E-state index in [-0.39, 0.29) is 0 Å². The number of anilines is 1. The van der Waals surface area contributed by atoms with E-state index in [1.54, 1.807) is 0 Å². The molecule has 0 saturated carbocycles. The van der Waals surface area contributed by atoms with E-state index >= 15 is 0 Å². The van der Waals surface area contributed by atoms with Crippen molar-refractivity contribution in [3.63, 3.8) is 0 Å². The van der Waals surface area contributed by atoms with E-state index in [4.69, 9.17) is 4.74 Å². The number of hydrogen-bond acceptors (Lipinski definition) is 4. The molecule has 4 heteroatoms. The summed E-state index contributed by atoms with van der Waals surface area (Å²) in [6.07, 6.45) is 3.39. The van der Waals surface area contributed by atoms with Crippen molar-refractivity contribution in [2.45, 2.75) is 40.0 Å². The Morgan fingerprint density at radius 1 is 1.14 bits per heavy atom. The number of benzene rings is 1. The van der Waals surface area contributed by atoms with Gasteiger partial charge in [0.1, 0.15) is 0 Å². The molecule has 1 unspecified atom stereocenters. The molecule has 0 fully saturated rings. The minimum Gasteiger partial charge on any atom is -0.477 e. The molecule has 114 valence electrons. The standard InChI is InChI=1S/C17H25N3O/c1-4-8-13(3)12-21-16-14-9-6-7-10-15(14)19-17(20-16)18-11-5-2/h6-7,9-10,13H,4-5,8,11-12H2,1-3H3,(H,18,19,20). The summed E-state index contributed by atoms with van der Waals surface area (Å²) < 4.78 is 5.96. The van der Waals surface area contributed by atoms with E-state index in [1.165, 1.54) is 12.8 Å². The molecule has 0 aliphatic rings. The molecule has 1 aromatic carbocycles. The van der Waals surface area contributed by atoms with E-state index in [2.05, 4.69) is 36.1 Å². The maximum absolute atomic E-state index is 5.96. The summed E-state index contributed by atoms with van der Waals surface area (Å²) >= 11 is 0. The largest absolute Gasteiger partial charge is 0.477 e. The third kappa shape index (κ3) is 4.31. The van der Waals surface area contributed by atoms with Gasteiger partial charge in [-0.05, 0) is 30.9 Å². The Labute approximate surface area is 127 Å². The Morgan fingerprint density at radius 3 is 2.71 bits per heavy atom. The second-order valence-corrected chi connectivity index (χ2v) is 5.50. The quantitative estimate of drug-likeness (QED) is 0.787. The van der Waals surface area contributed by atoms with Gasteiger partial charge >= 0.3 is 0 Å². The molecular formula is C17H25N3O. The van der Waals surface area contributed by atoms with Gasteiger partial charge in [-0.2, -0.15) is 4.98 Å². The van der Waals surface area contributed by atoms with Crippen molar-refractivity contribution < 1.29 is 4.74 Å². The van der Waals surface area contributed by atoms with Crippen molar-refractivity contribution in [1.82, 2.24) is 9.97 Å². The Morgan fingerprint density at radius 2 is 1.95 bits per heavy atom. The predicted molar refractivity (Wildman–Crippen MR) is 87.9 cm³/mol. The lowest BCUT2D eigenvalue weighted by molar-refractivity contribution is 0.246. The van der Waals surface area contributed by atoms with Crippen LogP contribution >= 0.6 is 0 Å². The van der Waals surface area contributed by atoms with E-state index in [0.29, 0.717) is 24.4 Å². The monoisotopic (exact) mass is 287 g/mol. The number of fused-ring (bicyclic) bond motifs is 1. The van der Waals surface area contributed by atoms with Crippen LogP contribution in [-0.2, 0) is 0 Å². The van der Waals surface area contributed by atoms with Gasteiger partial charge in [-0.3, -0.25) is 0 Å². The van der Waals surface area contributed by atoms with Gasteiger partial charge in [0, 0.05) is 6.54 Å². The molecule has 1 atom stereocenters. The van der Waals surface area contributed by atoms with Crippen LogP contribution in [0.2, 0.25) is 0 Å². The maximum atomic E-state index is 5.96. The van der Waals surface area contributed by atoms with Crippen molar-refractivity contribution in [2.75, 3.05) is 18.5 Å². The SMILES string of the molecule is CCCNc1nc(OCC(C)CCC)c2ccccc2n1. The van der Waals surface area contributed by atoms with Crippen LogP contribution in [0.25, 0.3) is 10.9 Å². The highest BCUT2D eigenvalue weighted by atomic mass is 16.5. The normalized spacial score (nSPS) is 12.3. The number of nitrogens with one attached hydrogen (secondary N) is 1.